The van der Waals surface area contributed by atoms with Crippen molar-refractivity contribution in [3.8, 4) is 0 Å². The van der Waals surface area contributed by atoms with Gasteiger partial charge in [0.05, 0.1) is 0 Å². The third kappa shape index (κ3) is 2.45. The summed E-state index contributed by atoms with van der Waals surface area (Å²) in [6.45, 7) is 5.77. The van der Waals surface area contributed by atoms with Crippen LogP contribution in [0, 0.1) is 5.41 Å². The van der Waals surface area contributed by atoms with E-state index in [1.807, 2.05) is 0 Å². The largest absolute Gasteiger partial charge is 0.215 e. The number of nitrogens with zero attached hydrogens (tertiary/aromatic N) is 1. The van der Waals surface area contributed by atoms with Crippen molar-refractivity contribution in [3.05, 3.63) is 0 Å². The summed E-state index contributed by atoms with van der Waals surface area (Å²) in [6.07, 6.45) is 1.96. The van der Waals surface area contributed by atoms with Gasteiger partial charge in [0, 0.05) is 13.1 Å². The second-order valence-corrected chi connectivity index (χ2v) is 4.90. The monoisotopic (exact) mass is 177 g/mol. The first kappa shape index (κ1) is 9.00. The molecular weight excluding hydrogens is 162 g/mol. The highest BCUT2D eigenvalue weighted by Gasteiger charge is 2.25. The van der Waals surface area contributed by atoms with Crippen molar-refractivity contribution in [1.29, 1.82) is 0 Å². The minimum absolute atomic E-state index is 0.335. The van der Waals surface area contributed by atoms with Crippen LogP contribution in [0.25, 0.3) is 0 Å². The van der Waals surface area contributed by atoms with Crippen LogP contribution in [-0.4, -0.2) is 25.8 Å². The molecule has 1 aliphatic rings. The number of thiol groups is 1. The lowest BCUT2D eigenvalue weighted by Gasteiger charge is -2.33. The van der Waals surface area contributed by atoms with Crippen molar-refractivity contribution in [2.45, 2.75) is 26.7 Å². The highest BCUT2D eigenvalue weighted by Crippen LogP contribution is 2.29. The van der Waals surface area contributed by atoms with E-state index in [4.69, 9.17) is 0 Å². The average molecular weight is 177 g/mol. The lowest BCUT2D eigenvalue weighted by atomic mass is 9.83. The Kier molecular flexibility index (Phi) is 2.54. The zero-order valence-corrected chi connectivity index (χ0v) is 7.93. The molecule has 1 aliphatic heterocycles. The highest BCUT2D eigenvalue weighted by atomic mass is 32.2. The van der Waals surface area contributed by atoms with Crippen LogP contribution in [0.3, 0.4) is 0 Å². The normalized spacial score (nSPS) is 25.7. The Bertz CT molecular complexity index is 192. The van der Waals surface area contributed by atoms with Crippen molar-refractivity contribution < 1.29 is 8.42 Å². The standard InChI is InChI=1S/C7H15NO2S/c1-7(2)3-5-8(6-4-7)11(9)10/h11H,3-6H2,1-2H3. The van der Waals surface area contributed by atoms with E-state index in [1.165, 1.54) is 4.31 Å². The van der Waals surface area contributed by atoms with E-state index in [1.54, 1.807) is 0 Å². The molecule has 0 spiro atoms. The summed E-state index contributed by atoms with van der Waals surface area (Å²) in [5.74, 6) is 0. The van der Waals surface area contributed by atoms with Gasteiger partial charge in [-0.3, -0.25) is 0 Å². The summed E-state index contributed by atoms with van der Waals surface area (Å²) in [6, 6.07) is 0. The van der Waals surface area contributed by atoms with Gasteiger partial charge < -0.3 is 0 Å². The first-order valence-corrected chi connectivity index (χ1v) is 5.04. The van der Waals surface area contributed by atoms with Crippen LogP contribution in [0.1, 0.15) is 26.7 Å². The van der Waals surface area contributed by atoms with Crippen molar-refractivity contribution in [2.24, 2.45) is 5.41 Å². The van der Waals surface area contributed by atoms with E-state index in [0.717, 1.165) is 12.8 Å². The van der Waals surface area contributed by atoms with Crippen LogP contribution in [-0.2, 0) is 10.9 Å². The van der Waals surface area contributed by atoms with E-state index >= 15 is 0 Å². The Hall–Kier alpha value is -0.0900. The van der Waals surface area contributed by atoms with Crippen LogP contribution < -0.4 is 0 Å². The SMILES string of the molecule is CC1(C)CCN([SH](=O)=O)CC1. The molecule has 0 bridgehead atoms. The van der Waals surface area contributed by atoms with Crippen LogP contribution in [0.15, 0.2) is 0 Å². The fraction of sp³-hybridized carbons (Fsp3) is 1.00. The van der Waals surface area contributed by atoms with Gasteiger partial charge in [-0.25, -0.2) is 12.7 Å². The minimum atomic E-state index is -2.33. The molecule has 1 fully saturated rings. The molecule has 1 heterocycles. The van der Waals surface area contributed by atoms with Crippen molar-refractivity contribution in [1.82, 2.24) is 4.31 Å². The summed E-state index contributed by atoms with van der Waals surface area (Å²) in [4.78, 5) is 0. The maximum absolute atomic E-state index is 10.5. The van der Waals surface area contributed by atoms with Crippen LogP contribution in [0.5, 0.6) is 0 Å². The fourth-order valence-electron chi connectivity index (χ4n) is 1.26. The molecule has 0 aliphatic carbocycles. The number of hydrogen-bond donors (Lipinski definition) is 1. The smallest absolute Gasteiger partial charge is 0.203 e. The van der Waals surface area contributed by atoms with E-state index in [-0.39, 0.29) is 0 Å². The number of piperidine rings is 1. The second-order valence-electron chi connectivity index (χ2n) is 3.86. The topological polar surface area (TPSA) is 37.4 Å². The third-order valence-corrected chi connectivity index (χ3v) is 3.19. The van der Waals surface area contributed by atoms with Gasteiger partial charge in [0.15, 0.2) is 0 Å². The average Bonchev–Trinajstić information content (AvgIpc) is 1.86. The first-order valence-electron chi connectivity index (χ1n) is 3.90. The van der Waals surface area contributed by atoms with Gasteiger partial charge in [-0.1, -0.05) is 13.8 Å². The molecule has 0 aromatic rings. The minimum Gasteiger partial charge on any atom is -0.215 e. The van der Waals surface area contributed by atoms with E-state index in [2.05, 4.69) is 13.8 Å². The molecular formula is C7H15NO2S. The predicted molar refractivity (Wildman–Crippen MR) is 44.9 cm³/mol. The summed E-state index contributed by atoms with van der Waals surface area (Å²) in [5.41, 5.74) is 0.335. The molecule has 11 heavy (non-hydrogen) atoms. The third-order valence-electron chi connectivity index (χ3n) is 2.32. The van der Waals surface area contributed by atoms with Gasteiger partial charge in [0.2, 0.25) is 10.9 Å². The molecule has 0 amide bonds. The molecule has 4 heteroatoms. The summed E-state index contributed by atoms with van der Waals surface area (Å²) >= 11 is 0. The molecule has 0 aromatic carbocycles. The Morgan fingerprint density at radius 1 is 1.18 bits per heavy atom. The molecule has 3 nitrogen and oxygen atoms in total. The Labute approximate surface area is 69.5 Å². The number of hydrogen-bond acceptors (Lipinski definition) is 2. The maximum atomic E-state index is 10.5. The van der Waals surface area contributed by atoms with Gasteiger partial charge in [-0.05, 0) is 18.3 Å². The molecule has 0 saturated carbocycles. The lowest BCUT2D eigenvalue weighted by Crippen LogP contribution is -2.36. The molecule has 1 rings (SSSR count). The van der Waals surface area contributed by atoms with Gasteiger partial charge in [-0.2, -0.15) is 0 Å². The maximum Gasteiger partial charge on any atom is 0.203 e. The summed E-state index contributed by atoms with van der Waals surface area (Å²) in [7, 11) is -2.33. The van der Waals surface area contributed by atoms with E-state index in [9.17, 15) is 8.42 Å². The van der Waals surface area contributed by atoms with Gasteiger partial charge >= 0.3 is 0 Å². The molecule has 0 radical (unpaired) electrons. The van der Waals surface area contributed by atoms with Crippen molar-refractivity contribution >= 4 is 10.9 Å². The highest BCUT2D eigenvalue weighted by molar-refractivity contribution is 7.69. The molecule has 1 saturated heterocycles. The summed E-state index contributed by atoms with van der Waals surface area (Å²) in [5, 5.41) is 0. The Balaban J connectivity index is 2.49. The van der Waals surface area contributed by atoms with Gasteiger partial charge in [0.25, 0.3) is 0 Å². The van der Waals surface area contributed by atoms with Gasteiger partial charge in [0.1, 0.15) is 0 Å². The van der Waals surface area contributed by atoms with Crippen LogP contribution in [0.4, 0.5) is 0 Å². The predicted octanol–water partition coefficient (Wildman–Crippen LogP) is 0.635. The van der Waals surface area contributed by atoms with Crippen molar-refractivity contribution in [3.63, 3.8) is 0 Å². The quantitative estimate of drug-likeness (QED) is 0.597. The van der Waals surface area contributed by atoms with Crippen LogP contribution >= 0.6 is 0 Å². The molecule has 66 valence electrons. The molecule has 0 atom stereocenters. The van der Waals surface area contributed by atoms with E-state index < -0.39 is 10.9 Å². The second kappa shape index (κ2) is 3.11. The molecule has 0 N–H and O–H groups in total. The Morgan fingerprint density at radius 2 is 1.64 bits per heavy atom. The first-order chi connectivity index (χ1) is 5.01. The Morgan fingerprint density at radius 3 is 2.00 bits per heavy atom. The zero-order valence-electron chi connectivity index (χ0n) is 7.04. The molecule has 0 unspecified atom stereocenters. The summed E-state index contributed by atoms with van der Waals surface area (Å²) < 4.78 is 22.6. The van der Waals surface area contributed by atoms with Crippen molar-refractivity contribution in [2.75, 3.05) is 13.1 Å². The van der Waals surface area contributed by atoms with Gasteiger partial charge in [-0.15, -0.1) is 0 Å². The lowest BCUT2D eigenvalue weighted by molar-refractivity contribution is 0.199. The number of rotatable bonds is 1. The van der Waals surface area contributed by atoms with Crippen LogP contribution in [0.2, 0.25) is 0 Å². The zero-order chi connectivity index (χ0) is 8.48. The molecule has 0 aromatic heterocycles. The van der Waals surface area contributed by atoms with E-state index in [0.29, 0.717) is 18.5 Å². The fourth-order valence-corrected chi connectivity index (χ4v) is 1.79.